The summed E-state index contributed by atoms with van der Waals surface area (Å²) in [6, 6.07) is 10.1. The zero-order valence-corrected chi connectivity index (χ0v) is 24.3. The third-order valence-corrected chi connectivity index (χ3v) is 7.43. The lowest BCUT2D eigenvalue weighted by Crippen LogP contribution is -2.31. The van der Waals surface area contributed by atoms with Crippen molar-refractivity contribution >= 4 is 23.1 Å². The number of Topliss-reactive ketones (excluding diaryl/α,β-unsaturated/α-hetero) is 1. The number of aliphatic hydroxyl groups is 1. The molecule has 1 atom stereocenters. The van der Waals surface area contributed by atoms with Gasteiger partial charge in [0, 0.05) is 31.7 Å². The van der Waals surface area contributed by atoms with Crippen molar-refractivity contribution < 1.29 is 24.2 Å². The van der Waals surface area contributed by atoms with E-state index in [1.54, 1.807) is 30.0 Å². The number of carbonyl (C=O) groups excluding carboxylic acids is 2. The number of likely N-dealkylation sites (tertiary alicyclic amines) is 1. The van der Waals surface area contributed by atoms with Crippen LogP contribution in [0.15, 0.2) is 66.9 Å². The van der Waals surface area contributed by atoms with E-state index in [0.29, 0.717) is 66.8 Å². The second kappa shape index (κ2) is 12.9. The Kier molecular flexibility index (Phi) is 8.90. The summed E-state index contributed by atoms with van der Waals surface area (Å²) in [6.07, 6.45) is 10.7. The topological polar surface area (TPSA) is 111 Å². The molecule has 220 valence electrons. The molecule has 1 aliphatic rings. The SMILES string of the molecule is CCCCCOc1ccc(C2/C(=C(\O)c3c(C)nc4ccccn34)C(=O)C(=O)N2CCCn2ccnc2)cc1OCC. The molecule has 0 saturated carbocycles. The minimum atomic E-state index is -0.824. The zero-order valence-electron chi connectivity index (χ0n) is 24.3. The number of carbonyl (C=O) groups is 2. The average Bonchev–Trinajstić information content (AvgIpc) is 3.69. The number of aromatic nitrogens is 4. The standard InChI is InChI=1S/C32H37N5O5/c1-4-6-9-19-42-24-13-12-23(20-25(24)41-5-2)29-27(30(38)28-22(3)34-26-11-7-8-16-36(26)28)31(39)32(40)37(29)17-10-15-35-18-14-33-21-35/h7-8,11-14,16,18,20-21,29,38H,4-6,9-10,15,17,19H2,1-3H3/b30-27+. The van der Waals surface area contributed by atoms with Crippen molar-refractivity contribution in [3.63, 3.8) is 0 Å². The highest BCUT2D eigenvalue weighted by molar-refractivity contribution is 6.46. The van der Waals surface area contributed by atoms with E-state index in [9.17, 15) is 14.7 Å². The number of hydrogen-bond donors (Lipinski definition) is 1. The second-order valence-corrected chi connectivity index (χ2v) is 10.3. The fourth-order valence-electron chi connectivity index (χ4n) is 5.44. The summed E-state index contributed by atoms with van der Waals surface area (Å²) in [6.45, 7) is 7.71. The van der Waals surface area contributed by atoms with Gasteiger partial charge in [-0.05, 0) is 56.5 Å². The molecule has 1 unspecified atom stereocenters. The maximum Gasteiger partial charge on any atom is 0.295 e. The number of fused-ring (bicyclic) bond motifs is 1. The van der Waals surface area contributed by atoms with Crippen molar-refractivity contribution in [1.82, 2.24) is 23.8 Å². The highest BCUT2D eigenvalue weighted by Gasteiger charge is 2.46. The van der Waals surface area contributed by atoms with Gasteiger partial charge in [-0.1, -0.05) is 31.9 Å². The number of aryl methyl sites for hydroxylation is 2. The molecule has 5 rings (SSSR count). The van der Waals surface area contributed by atoms with Crippen LogP contribution in [0.4, 0.5) is 0 Å². The number of hydrogen-bond acceptors (Lipinski definition) is 7. The number of rotatable bonds is 13. The van der Waals surface area contributed by atoms with E-state index in [4.69, 9.17) is 9.47 Å². The number of pyridine rings is 1. The van der Waals surface area contributed by atoms with Gasteiger partial charge >= 0.3 is 0 Å². The van der Waals surface area contributed by atoms with Gasteiger partial charge in [0.05, 0.1) is 36.8 Å². The van der Waals surface area contributed by atoms with E-state index < -0.39 is 17.7 Å². The molecule has 4 heterocycles. The molecule has 3 aromatic heterocycles. The van der Waals surface area contributed by atoms with E-state index in [0.717, 1.165) is 19.3 Å². The lowest BCUT2D eigenvalue weighted by molar-refractivity contribution is -0.139. The van der Waals surface area contributed by atoms with Gasteiger partial charge in [0.2, 0.25) is 0 Å². The van der Waals surface area contributed by atoms with Gasteiger partial charge in [-0.25, -0.2) is 9.97 Å². The molecule has 1 aromatic carbocycles. The number of imidazole rings is 2. The van der Waals surface area contributed by atoms with E-state index in [-0.39, 0.29) is 11.3 Å². The van der Waals surface area contributed by atoms with Gasteiger partial charge in [-0.2, -0.15) is 0 Å². The van der Waals surface area contributed by atoms with Crippen molar-refractivity contribution in [3.8, 4) is 11.5 Å². The molecule has 1 fully saturated rings. The van der Waals surface area contributed by atoms with E-state index >= 15 is 0 Å². The Morgan fingerprint density at radius 3 is 2.62 bits per heavy atom. The maximum absolute atomic E-state index is 13.6. The molecule has 1 amide bonds. The van der Waals surface area contributed by atoms with Crippen molar-refractivity contribution in [2.75, 3.05) is 19.8 Å². The Hall–Kier alpha value is -4.60. The van der Waals surface area contributed by atoms with Gasteiger partial charge in [-0.15, -0.1) is 0 Å². The second-order valence-electron chi connectivity index (χ2n) is 10.3. The number of amides is 1. The molecule has 10 heteroatoms. The highest BCUT2D eigenvalue weighted by atomic mass is 16.5. The normalized spacial score (nSPS) is 16.5. The van der Waals surface area contributed by atoms with Crippen LogP contribution in [0.5, 0.6) is 11.5 Å². The zero-order chi connectivity index (χ0) is 29.6. The van der Waals surface area contributed by atoms with Crippen LogP contribution in [0.3, 0.4) is 0 Å². The van der Waals surface area contributed by atoms with Crippen molar-refractivity contribution in [1.29, 1.82) is 0 Å². The van der Waals surface area contributed by atoms with Gasteiger partial charge in [0.1, 0.15) is 11.3 Å². The third kappa shape index (κ3) is 5.74. The van der Waals surface area contributed by atoms with Crippen molar-refractivity contribution in [3.05, 3.63) is 83.8 Å². The van der Waals surface area contributed by atoms with E-state index in [1.165, 1.54) is 4.90 Å². The number of ether oxygens (including phenoxy) is 2. The molecule has 4 aromatic rings. The lowest BCUT2D eigenvalue weighted by Gasteiger charge is -2.26. The molecular formula is C32H37N5O5. The van der Waals surface area contributed by atoms with Crippen molar-refractivity contribution in [2.24, 2.45) is 0 Å². The molecule has 0 radical (unpaired) electrons. The summed E-state index contributed by atoms with van der Waals surface area (Å²) < 4.78 is 15.6. The van der Waals surface area contributed by atoms with Gasteiger partial charge in [-0.3, -0.25) is 14.0 Å². The summed E-state index contributed by atoms with van der Waals surface area (Å²) >= 11 is 0. The largest absolute Gasteiger partial charge is 0.505 e. The minimum Gasteiger partial charge on any atom is -0.505 e. The van der Waals surface area contributed by atoms with Crippen LogP contribution in [0.25, 0.3) is 11.4 Å². The van der Waals surface area contributed by atoms with Crippen LogP contribution in [0.1, 0.15) is 62.5 Å². The molecule has 0 bridgehead atoms. The van der Waals surface area contributed by atoms with E-state index in [1.807, 2.05) is 54.1 Å². The first-order chi connectivity index (χ1) is 20.4. The molecule has 10 nitrogen and oxygen atoms in total. The predicted octanol–water partition coefficient (Wildman–Crippen LogP) is 5.32. The summed E-state index contributed by atoms with van der Waals surface area (Å²) in [7, 11) is 0. The molecular weight excluding hydrogens is 534 g/mol. The number of benzene rings is 1. The molecule has 1 N–H and O–H groups in total. The van der Waals surface area contributed by atoms with Crippen LogP contribution in [0, 0.1) is 6.92 Å². The molecule has 42 heavy (non-hydrogen) atoms. The number of aliphatic hydroxyl groups excluding tert-OH is 1. The van der Waals surface area contributed by atoms with Crippen LogP contribution >= 0.6 is 0 Å². The van der Waals surface area contributed by atoms with Crippen LogP contribution < -0.4 is 9.47 Å². The first kappa shape index (κ1) is 28.9. The molecule has 1 aliphatic heterocycles. The van der Waals surface area contributed by atoms with Crippen LogP contribution in [-0.2, 0) is 16.1 Å². The summed E-state index contributed by atoms with van der Waals surface area (Å²) in [5, 5.41) is 11.7. The van der Waals surface area contributed by atoms with Gasteiger partial charge in [0.25, 0.3) is 11.7 Å². The first-order valence-electron chi connectivity index (χ1n) is 14.5. The number of ketones is 1. The predicted molar refractivity (Wildman–Crippen MR) is 158 cm³/mol. The lowest BCUT2D eigenvalue weighted by atomic mass is 9.95. The number of nitrogens with zero attached hydrogens (tertiary/aromatic N) is 5. The molecule has 0 aliphatic carbocycles. The van der Waals surface area contributed by atoms with Gasteiger partial charge < -0.3 is 24.0 Å². The minimum absolute atomic E-state index is 0.0236. The summed E-state index contributed by atoms with van der Waals surface area (Å²) in [4.78, 5) is 37.3. The molecule has 0 spiro atoms. The Morgan fingerprint density at radius 1 is 1.00 bits per heavy atom. The monoisotopic (exact) mass is 571 g/mol. The first-order valence-corrected chi connectivity index (χ1v) is 14.5. The fourth-order valence-corrected chi connectivity index (χ4v) is 5.44. The quantitative estimate of drug-likeness (QED) is 0.100. The Morgan fingerprint density at radius 2 is 1.86 bits per heavy atom. The van der Waals surface area contributed by atoms with Crippen LogP contribution in [-0.4, -0.2) is 60.4 Å². The van der Waals surface area contributed by atoms with Crippen LogP contribution in [0.2, 0.25) is 0 Å². The Balaban J connectivity index is 1.58. The van der Waals surface area contributed by atoms with Gasteiger partial charge in [0.15, 0.2) is 17.3 Å². The summed E-state index contributed by atoms with van der Waals surface area (Å²) in [5.74, 6) is -0.517. The average molecular weight is 572 g/mol. The maximum atomic E-state index is 13.6. The fraction of sp³-hybridized carbons (Fsp3) is 0.375. The Bertz CT molecular complexity index is 1590. The van der Waals surface area contributed by atoms with E-state index in [2.05, 4.69) is 16.9 Å². The number of unbranched alkanes of at least 4 members (excludes halogenated alkanes) is 2. The van der Waals surface area contributed by atoms with Crippen molar-refractivity contribution in [2.45, 2.75) is 59.0 Å². The molecule has 1 saturated heterocycles. The summed E-state index contributed by atoms with van der Waals surface area (Å²) in [5.41, 5.74) is 2.23. The smallest absolute Gasteiger partial charge is 0.295 e. The highest BCUT2D eigenvalue weighted by Crippen LogP contribution is 2.42. The third-order valence-electron chi connectivity index (χ3n) is 7.43. The Labute approximate surface area is 245 Å².